The van der Waals surface area contributed by atoms with Crippen LogP contribution in [0, 0.1) is 0 Å². The van der Waals surface area contributed by atoms with Crippen molar-refractivity contribution >= 4 is 36.2 Å². The van der Waals surface area contributed by atoms with Gasteiger partial charge in [-0.2, -0.15) is 5.06 Å². The second-order valence-electron chi connectivity index (χ2n) is 8.13. The van der Waals surface area contributed by atoms with Crippen molar-refractivity contribution in [2.75, 3.05) is 17.6 Å². The first-order valence-electron chi connectivity index (χ1n) is 11.3. The van der Waals surface area contributed by atoms with Gasteiger partial charge in [-0.1, -0.05) is 37.3 Å². The Balaban J connectivity index is 1.38. The van der Waals surface area contributed by atoms with Crippen molar-refractivity contribution in [2.45, 2.75) is 19.6 Å². The molecule has 0 saturated heterocycles. The van der Waals surface area contributed by atoms with Gasteiger partial charge in [-0.25, -0.2) is 4.62 Å². The third kappa shape index (κ3) is 6.87. The van der Waals surface area contributed by atoms with E-state index < -0.39 is 7.60 Å². The number of thiophene rings is 1. The van der Waals surface area contributed by atoms with Crippen LogP contribution in [0.3, 0.4) is 0 Å². The Hall–Kier alpha value is -3.33. The fraction of sp³-hybridized carbons (Fsp3) is 0.154. The maximum atomic E-state index is 12.8. The molecule has 4 rings (SSSR count). The van der Waals surface area contributed by atoms with Crippen LogP contribution in [0.2, 0.25) is 0 Å². The quantitative estimate of drug-likeness (QED) is 0.137. The van der Waals surface area contributed by atoms with E-state index in [0.29, 0.717) is 35.6 Å². The highest BCUT2D eigenvalue weighted by molar-refractivity contribution is 7.51. The summed E-state index contributed by atoms with van der Waals surface area (Å²) in [6, 6.07) is 19.7. The van der Waals surface area contributed by atoms with E-state index in [1.54, 1.807) is 60.1 Å². The number of hydroxylamine groups is 2. The molecule has 0 aliphatic carbocycles. The normalized spacial score (nSPS) is 12.9. The number of pyridine rings is 1. The molecule has 36 heavy (non-hydrogen) atoms. The predicted molar refractivity (Wildman–Crippen MR) is 143 cm³/mol. The predicted octanol–water partition coefficient (Wildman–Crippen LogP) is 5.78. The Morgan fingerprint density at radius 3 is 2.61 bits per heavy atom. The number of nitrogens with zero attached hydrogens (tertiary/aromatic N) is 2. The first kappa shape index (κ1) is 25.8. The number of rotatable bonds is 10. The number of nitrogen functional groups attached to an aromatic ring is 1. The smallest absolute Gasteiger partial charge is 0.348 e. The number of carbonyl (C=O) groups is 1. The summed E-state index contributed by atoms with van der Waals surface area (Å²) in [5.74, 6) is -0.325. The van der Waals surface area contributed by atoms with E-state index in [4.69, 9.17) is 10.4 Å². The minimum Gasteiger partial charge on any atom is -0.397 e. The van der Waals surface area contributed by atoms with E-state index in [9.17, 15) is 14.3 Å². The van der Waals surface area contributed by atoms with E-state index in [0.717, 1.165) is 16.0 Å². The zero-order valence-electron chi connectivity index (χ0n) is 19.7. The molecule has 4 N–H and O–H groups in total. The van der Waals surface area contributed by atoms with Crippen LogP contribution in [0.25, 0.3) is 10.4 Å². The number of carbonyl (C=O) groups excluding carboxylic acids is 1. The fourth-order valence-electron chi connectivity index (χ4n) is 3.55. The molecule has 0 aliphatic rings. The van der Waals surface area contributed by atoms with Gasteiger partial charge in [0.05, 0.1) is 24.1 Å². The van der Waals surface area contributed by atoms with Crippen LogP contribution in [0.4, 0.5) is 11.4 Å². The van der Waals surface area contributed by atoms with E-state index >= 15 is 0 Å². The third-order valence-electron chi connectivity index (χ3n) is 5.38. The summed E-state index contributed by atoms with van der Waals surface area (Å²) < 4.78 is 18.2. The summed E-state index contributed by atoms with van der Waals surface area (Å²) >= 11 is 1.60. The highest BCUT2D eigenvalue weighted by Crippen LogP contribution is 2.46. The van der Waals surface area contributed by atoms with E-state index in [-0.39, 0.29) is 12.1 Å². The summed E-state index contributed by atoms with van der Waals surface area (Å²) in [4.78, 5) is 28.4. The lowest BCUT2D eigenvalue weighted by molar-refractivity contribution is -0.0711. The molecule has 0 spiro atoms. The van der Waals surface area contributed by atoms with Gasteiger partial charge >= 0.3 is 7.60 Å². The highest BCUT2D eigenvalue weighted by atomic mass is 32.1. The first-order chi connectivity index (χ1) is 17.3. The Morgan fingerprint density at radius 2 is 1.94 bits per heavy atom. The summed E-state index contributed by atoms with van der Waals surface area (Å²) in [7, 11) is -3.96. The zero-order valence-corrected chi connectivity index (χ0v) is 21.4. The molecular formula is C26H27N4O4PS. The van der Waals surface area contributed by atoms with Crippen LogP contribution in [-0.4, -0.2) is 27.4 Å². The van der Waals surface area contributed by atoms with Crippen molar-refractivity contribution in [1.82, 2.24) is 10.0 Å². The number of hydrogen-bond acceptors (Lipinski definition) is 7. The van der Waals surface area contributed by atoms with Gasteiger partial charge in [0.2, 0.25) is 0 Å². The average molecular weight is 523 g/mol. The lowest BCUT2D eigenvalue weighted by atomic mass is 10.1. The van der Waals surface area contributed by atoms with E-state index in [1.807, 2.05) is 42.6 Å². The van der Waals surface area contributed by atoms with Crippen molar-refractivity contribution in [3.63, 3.8) is 0 Å². The molecule has 8 nitrogen and oxygen atoms in total. The van der Waals surface area contributed by atoms with Crippen LogP contribution >= 0.6 is 18.9 Å². The first-order valence-corrected chi connectivity index (χ1v) is 14.0. The van der Waals surface area contributed by atoms with Gasteiger partial charge in [0.25, 0.3) is 5.91 Å². The van der Waals surface area contributed by atoms with Crippen LogP contribution in [0.15, 0.2) is 84.5 Å². The van der Waals surface area contributed by atoms with Gasteiger partial charge in [-0.3, -0.25) is 14.3 Å². The number of hydrogen-bond donors (Lipinski definition) is 3. The molecule has 1 amide bonds. The molecule has 0 aliphatic heterocycles. The second-order valence-corrected chi connectivity index (χ2v) is 10.8. The van der Waals surface area contributed by atoms with Crippen molar-refractivity contribution < 1.29 is 18.9 Å². The van der Waals surface area contributed by atoms with Crippen LogP contribution in [0.5, 0.6) is 0 Å². The van der Waals surface area contributed by atoms with Gasteiger partial charge in [0, 0.05) is 29.4 Å². The van der Waals surface area contributed by atoms with Gasteiger partial charge < -0.3 is 15.9 Å². The maximum Gasteiger partial charge on any atom is 0.348 e. The number of anilines is 2. The zero-order chi connectivity index (χ0) is 25.5. The molecule has 0 fully saturated rings. The standard InChI is InChI=1S/C26H27N4O4PS/c1-2-30(17-20-5-3-13-28-16-20)34-35(32,33)18-19-7-9-21(10-8-19)26(31)29-24-15-22(11-12-23(24)27)25-6-4-14-36-25/h3-16H,2,17-18,27H2,1H3,(H,29,31)(H,32,33). The number of nitrogens with two attached hydrogens (primary N) is 1. The monoisotopic (exact) mass is 522 g/mol. The molecule has 4 aromatic rings. The number of amides is 1. The minimum atomic E-state index is -3.96. The molecule has 0 saturated carbocycles. The Kier molecular flexibility index (Phi) is 8.30. The molecule has 0 bridgehead atoms. The number of nitrogens with one attached hydrogen (secondary N) is 1. The van der Waals surface area contributed by atoms with Crippen molar-refractivity contribution in [1.29, 1.82) is 0 Å². The Morgan fingerprint density at radius 1 is 1.14 bits per heavy atom. The van der Waals surface area contributed by atoms with Crippen LogP contribution in [-0.2, 0) is 21.9 Å². The molecule has 10 heteroatoms. The van der Waals surface area contributed by atoms with Crippen molar-refractivity contribution in [3.05, 3.63) is 101 Å². The van der Waals surface area contributed by atoms with E-state index in [2.05, 4.69) is 10.3 Å². The fourth-order valence-corrected chi connectivity index (χ4v) is 5.54. The largest absolute Gasteiger partial charge is 0.397 e. The second kappa shape index (κ2) is 11.6. The maximum absolute atomic E-state index is 12.8. The molecule has 1 unspecified atom stereocenters. The van der Waals surface area contributed by atoms with Crippen LogP contribution < -0.4 is 11.1 Å². The summed E-state index contributed by atoms with van der Waals surface area (Å²) in [6.07, 6.45) is 3.16. The van der Waals surface area contributed by atoms with Gasteiger partial charge in [-0.15, -0.1) is 11.3 Å². The third-order valence-corrected chi connectivity index (χ3v) is 7.55. The summed E-state index contributed by atoms with van der Waals surface area (Å²) in [6.45, 7) is 2.60. The van der Waals surface area contributed by atoms with E-state index in [1.165, 1.54) is 5.06 Å². The lowest BCUT2D eigenvalue weighted by Gasteiger charge is -2.23. The van der Waals surface area contributed by atoms with Crippen molar-refractivity contribution in [2.24, 2.45) is 0 Å². The Labute approximate surface area is 213 Å². The van der Waals surface area contributed by atoms with Crippen molar-refractivity contribution in [3.8, 4) is 10.4 Å². The average Bonchev–Trinajstić information content (AvgIpc) is 3.41. The van der Waals surface area contributed by atoms with Gasteiger partial charge in [0.1, 0.15) is 0 Å². The molecule has 2 aromatic carbocycles. The molecule has 0 radical (unpaired) electrons. The Bertz CT molecular complexity index is 1350. The lowest BCUT2D eigenvalue weighted by Crippen LogP contribution is -2.22. The number of benzene rings is 2. The molecule has 186 valence electrons. The van der Waals surface area contributed by atoms with Gasteiger partial charge in [0.15, 0.2) is 0 Å². The summed E-state index contributed by atoms with van der Waals surface area (Å²) in [5.41, 5.74) is 9.88. The molecule has 2 heterocycles. The summed E-state index contributed by atoms with van der Waals surface area (Å²) in [5, 5.41) is 6.28. The van der Waals surface area contributed by atoms with Crippen LogP contribution in [0.1, 0.15) is 28.4 Å². The minimum absolute atomic E-state index is 0.186. The molecule has 2 aromatic heterocycles. The molecule has 1 atom stereocenters. The topological polar surface area (TPSA) is 118 Å². The SMILES string of the molecule is CCN(Cc1cccnc1)OP(=O)(O)Cc1ccc(C(=O)Nc2cc(-c3cccs3)ccc2N)cc1. The molecular weight excluding hydrogens is 495 g/mol. The van der Waals surface area contributed by atoms with Gasteiger partial charge in [-0.05, 0) is 58.5 Å². The highest BCUT2D eigenvalue weighted by Gasteiger charge is 2.24. The number of aromatic nitrogens is 1.